The van der Waals surface area contributed by atoms with Crippen LogP contribution in [0.5, 0.6) is 0 Å². The van der Waals surface area contributed by atoms with Gasteiger partial charge in [-0.25, -0.2) is 0 Å². The first-order valence-corrected chi connectivity index (χ1v) is 4.44. The first kappa shape index (κ1) is 16.4. The summed E-state index contributed by atoms with van der Waals surface area (Å²) in [5.41, 5.74) is 0. The Bertz CT molecular complexity index is 35.3. The second kappa shape index (κ2) is 37.4. The van der Waals surface area contributed by atoms with Crippen molar-refractivity contribution >= 4 is 0 Å². The van der Waals surface area contributed by atoms with Crippen molar-refractivity contribution < 1.29 is 0 Å². The van der Waals surface area contributed by atoms with E-state index in [1.165, 1.54) is 6.42 Å². The van der Waals surface area contributed by atoms with E-state index in [0.717, 1.165) is 6.42 Å². The van der Waals surface area contributed by atoms with E-state index < -0.39 is 0 Å². The standard InChI is InChI=1S/C5H10.C3H8.C2H6/c1-3-5-4-2;1-3-2;1-2/h3,5H,4H2,1-2H3;3H2,1-2H3;1-2H3/b5-3+;;. The summed E-state index contributed by atoms with van der Waals surface area (Å²) < 4.78 is 0. The van der Waals surface area contributed by atoms with Gasteiger partial charge in [-0.1, -0.05) is 53.2 Å². The van der Waals surface area contributed by atoms with Crippen LogP contribution in [0.15, 0.2) is 12.2 Å². The Kier molecular flexibility index (Phi) is 61.3. The predicted molar refractivity (Wildman–Crippen MR) is 52.4 cm³/mol. The van der Waals surface area contributed by atoms with Crippen molar-refractivity contribution in [3.63, 3.8) is 0 Å². The average Bonchev–Trinajstić information content (AvgIpc) is 1.96. The van der Waals surface area contributed by atoms with Gasteiger partial charge in [0.15, 0.2) is 0 Å². The van der Waals surface area contributed by atoms with Crippen molar-refractivity contribution in [2.45, 2.75) is 54.4 Å². The Balaban J connectivity index is -0.0000000847. The van der Waals surface area contributed by atoms with Crippen molar-refractivity contribution in [1.29, 1.82) is 0 Å². The minimum absolute atomic E-state index is 1.16. The Morgan fingerprint density at radius 1 is 1.00 bits per heavy atom. The molecule has 0 aromatic rings. The molecule has 0 aliphatic rings. The van der Waals surface area contributed by atoms with E-state index in [4.69, 9.17) is 0 Å². The van der Waals surface area contributed by atoms with Crippen molar-refractivity contribution in [2.24, 2.45) is 0 Å². The predicted octanol–water partition coefficient (Wildman–Crippen LogP) is 4.42. The molecular weight excluding hydrogens is 120 g/mol. The first-order valence-electron chi connectivity index (χ1n) is 4.44. The molecule has 0 aromatic heterocycles. The molecule has 0 heteroatoms. The number of hydrogen-bond acceptors (Lipinski definition) is 0. The van der Waals surface area contributed by atoms with E-state index >= 15 is 0 Å². The summed E-state index contributed by atoms with van der Waals surface area (Å²) in [6, 6.07) is 0. The lowest BCUT2D eigenvalue weighted by molar-refractivity contribution is 1.09. The minimum Gasteiger partial charge on any atom is -0.0917 e. The quantitative estimate of drug-likeness (QED) is 0.478. The molecule has 0 unspecified atom stereocenters. The van der Waals surface area contributed by atoms with Gasteiger partial charge in [-0.05, 0) is 13.3 Å². The van der Waals surface area contributed by atoms with Gasteiger partial charge in [-0.3, -0.25) is 0 Å². The van der Waals surface area contributed by atoms with Crippen LogP contribution in [0.4, 0.5) is 0 Å². The molecular formula is C10H24. The summed E-state index contributed by atoms with van der Waals surface area (Å²) in [7, 11) is 0. The maximum absolute atomic E-state index is 2.12. The summed E-state index contributed by atoms with van der Waals surface area (Å²) in [6.07, 6.45) is 6.59. The van der Waals surface area contributed by atoms with Crippen molar-refractivity contribution in [2.75, 3.05) is 0 Å². The normalized spacial score (nSPS) is 7.40. The third kappa shape index (κ3) is 116. The average molecular weight is 144 g/mol. The van der Waals surface area contributed by atoms with Crippen LogP contribution >= 0.6 is 0 Å². The maximum Gasteiger partial charge on any atom is -0.0379 e. The van der Waals surface area contributed by atoms with Crippen LogP contribution in [0.1, 0.15) is 54.4 Å². The molecule has 10 heavy (non-hydrogen) atoms. The molecule has 0 radical (unpaired) electrons. The van der Waals surface area contributed by atoms with E-state index in [-0.39, 0.29) is 0 Å². The first-order chi connectivity index (χ1) is 4.83. The van der Waals surface area contributed by atoms with Crippen LogP contribution in [0.25, 0.3) is 0 Å². The number of rotatable bonds is 1. The molecule has 0 saturated heterocycles. The SMILES string of the molecule is C/C=C/CC.CC.CCC. The van der Waals surface area contributed by atoms with Gasteiger partial charge < -0.3 is 0 Å². The molecule has 0 aliphatic carbocycles. The maximum atomic E-state index is 2.12. The molecule has 0 aromatic carbocycles. The van der Waals surface area contributed by atoms with Crippen LogP contribution in [0.2, 0.25) is 0 Å². The Labute approximate surface area is 67.3 Å². The minimum atomic E-state index is 1.16. The lowest BCUT2D eigenvalue weighted by Crippen LogP contribution is -1.43. The molecule has 0 rings (SSSR count). The van der Waals surface area contributed by atoms with E-state index in [2.05, 4.69) is 32.9 Å². The van der Waals surface area contributed by atoms with Gasteiger partial charge in [0.1, 0.15) is 0 Å². The van der Waals surface area contributed by atoms with Gasteiger partial charge in [-0.2, -0.15) is 0 Å². The van der Waals surface area contributed by atoms with E-state index in [1.807, 2.05) is 20.8 Å². The van der Waals surface area contributed by atoms with Gasteiger partial charge in [0.05, 0.1) is 0 Å². The highest BCUT2D eigenvalue weighted by molar-refractivity contribution is 4.73. The second-order valence-corrected chi connectivity index (χ2v) is 1.68. The van der Waals surface area contributed by atoms with Crippen LogP contribution in [-0.2, 0) is 0 Å². The number of allylic oxidation sites excluding steroid dienone is 2. The van der Waals surface area contributed by atoms with E-state index in [1.54, 1.807) is 0 Å². The Hall–Kier alpha value is -0.260. The summed E-state index contributed by atoms with van der Waals surface area (Å²) in [5, 5.41) is 0. The molecule has 0 saturated carbocycles. The van der Waals surface area contributed by atoms with Crippen LogP contribution < -0.4 is 0 Å². The highest BCUT2D eigenvalue weighted by Gasteiger charge is 1.52. The zero-order chi connectivity index (χ0) is 8.83. The van der Waals surface area contributed by atoms with Crippen LogP contribution in [-0.4, -0.2) is 0 Å². The van der Waals surface area contributed by atoms with Gasteiger partial charge in [0.2, 0.25) is 0 Å². The molecule has 64 valence electrons. The number of hydrogen-bond donors (Lipinski definition) is 0. The monoisotopic (exact) mass is 144 g/mol. The summed E-state index contributed by atoms with van der Waals surface area (Å²) in [4.78, 5) is 0. The summed E-state index contributed by atoms with van der Waals surface area (Å²) in [5.74, 6) is 0. The molecule has 0 atom stereocenters. The smallest absolute Gasteiger partial charge is 0.0379 e. The Morgan fingerprint density at radius 3 is 1.30 bits per heavy atom. The third-order valence-electron chi connectivity index (χ3n) is 0.471. The molecule has 0 nitrogen and oxygen atoms in total. The van der Waals surface area contributed by atoms with Crippen LogP contribution in [0, 0.1) is 0 Å². The second-order valence-electron chi connectivity index (χ2n) is 1.68. The lowest BCUT2D eigenvalue weighted by Gasteiger charge is -1.65. The summed E-state index contributed by atoms with van der Waals surface area (Å²) in [6.45, 7) is 12.4. The Morgan fingerprint density at radius 2 is 1.30 bits per heavy atom. The zero-order valence-electron chi connectivity index (χ0n) is 8.57. The van der Waals surface area contributed by atoms with Crippen LogP contribution in [0.3, 0.4) is 0 Å². The van der Waals surface area contributed by atoms with Gasteiger partial charge in [0.25, 0.3) is 0 Å². The fraction of sp³-hybridized carbons (Fsp3) is 0.800. The largest absolute Gasteiger partial charge is 0.0917 e. The van der Waals surface area contributed by atoms with E-state index in [9.17, 15) is 0 Å². The topological polar surface area (TPSA) is 0 Å². The summed E-state index contributed by atoms with van der Waals surface area (Å²) >= 11 is 0. The lowest BCUT2D eigenvalue weighted by atomic mass is 10.4. The molecule has 0 fully saturated rings. The van der Waals surface area contributed by atoms with E-state index in [0.29, 0.717) is 0 Å². The zero-order valence-corrected chi connectivity index (χ0v) is 8.57. The molecule has 0 bridgehead atoms. The highest BCUT2D eigenvalue weighted by atomic mass is 13.6. The molecule has 0 aliphatic heterocycles. The van der Waals surface area contributed by atoms with Crippen molar-refractivity contribution in [3.05, 3.63) is 12.2 Å². The fourth-order valence-corrected chi connectivity index (χ4v) is 0.236. The van der Waals surface area contributed by atoms with Gasteiger partial charge in [0, 0.05) is 0 Å². The van der Waals surface area contributed by atoms with Gasteiger partial charge in [-0.15, -0.1) is 0 Å². The third-order valence-corrected chi connectivity index (χ3v) is 0.471. The molecule has 0 amide bonds. The van der Waals surface area contributed by atoms with Gasteiger partial charge >= 0.3 is 0 Å². The van der Waals surface area contributed by atoms with Crippen molar-refractivity contribution in [1.82, 2.24) is 0 Å². The van der Waals surface area contributed by atoms with Crippen molar-refractivity contribution in [3.8, 4) is 0 Å². The highest BCUT2D eigenvalue weighted by Crippen LogP contribution is 1.73. The molecule has 0 N–H and O–H groups in total. The molecule has 0 spiro atoms. The fourth-order valence-electron chi connectivity index (χ4n) is 0.236. The molecule has 0 heterocycles.